The van der Waals surface area contributed by atoms with Crippen molar-refractivity contribution < 1.29 is 53.0 Å². The summed E-state index contributed by atoms with van der Waals surface area (Å²) in [6.07, 6.45) is 34.9. The van der Waals surface area contributed by atoms with Gasteiger partial charge >= 0.3 is 18.1 Å². The van der Waals surface area contributed by atoms with Gasteiger partial charge in [-0.1, -0.05) is 141 Å². The van der Waals surface area contributed by atoms with Gasteiger partial charge in [0.05, 0.1) is 32.2 Å². The van der Waals surface area contributed by atoms with Crippen LogP contribution >= 0.6 is 0 Å². The number of hydrogen-bond acceptors (Lipinski definition) is 12. The molecule has 1 atom stereocenters. The first-order valence-electron chi connectivity index (χ1n) is 25.0. The predicted octanol–water partition coefficient (Wildman–Crippen LogP) is 11.2. The Hall–Kier alpha value is -2.51. The van der Waals surface area contributed by atoms with Crippen LogP contribution < -0.4 is 0 Å². The van der Waals surface area contributed by atoms with Crippen LogP contribution in [0.3, 0.4) is 0 Å². The van der Waals surface area contributed by atoms with E-state index in [0.29, 0.717) is 52.1 Å². The zero-order valence-corrected chi connectivity index (χ0v) is 39.9. The van der Waals surface area contributed by atoms with E-state index in [9.17, 15) is 24.6 Å². The maximum atomic E-state index is 13.0. The quantitative estimate of drug-likeness (QED) is 0.0197. The van der Waals surface area contributed by atoms with E-state index < -0.39 is 24.3 Å². The molecule has 12 nitrogen and oxygen atoms in total. The second-order valence-electron chi connectivity index (χ2n) is 16.5. The van der Waals surface area contributed by atoms with E-state index >= 15 is 0 Å². The lowest BCUT2D eigenvalue weighted by atomic mass is 10.1. The highest BCUT2D eigenvalue weighted by molar-refractivity contribution is 5.69. The van der Waals surface area contributed by atoms with Crippen molar-refractivity contribution in [3.05, 3.63) is 24.3 Å². The lowest BCUT2D eigenvalue weighted by Crippen LogP contribution is -2.31. The van der Waals surface area contributed by atoms with E-state index in [2.05, 4.69) is 45.1 Å². The summed E-state index contributed by atoms with van der Waals surface area (Å²) in [7, 11) is 0. The molecule has 0 aliphatic heterocycles. The maximum absolute atomic E-state index is 13.0. The molecule has 2 N–H and O–H groups in total. The number of aliphatic hydroxyl groups excluding tert-OH is 2. The van der Waals surface area contributed by atoms with Gasteiger partial charge in [0.2, 0.25) is 0 Å². The van der Waals surface area contributed by atoms with E-state index in [1.807, 2.05) is 4.90 Å². The van der Waals surface area contributed by atoms with Crippen molar-refractivity contribution in [3.8, 4) is 0 Å². The van der Waals surface area contributed by atoms with Gasteiger partial charge in [-0.25, -0.2) is 4.79 Å². The topological polar surface area (TPSA) is 150 Å². The van der Waals surface area contributed by atoms with Crippen molar-refractivity contribution in [2.45, 2.75) is 200 Å². The normalized spacial score (nSPS) is 12.2. The summed E-state index contributed by atoms with van der Waals surface area (Å²) >= 11 is 0. The smallest absolute Gasteiger partial charge is 0.465 e. The molecule has 0 aliphatic carbocycles. The molecule has 0 radical (unpaired) electrons. The molecule has 0 aromatic rings. The number of ether oxygens (including phenoxy) is 6. The summed E-state index contributed by atoms with van der Waals surface area (Å²) in [6.45, 7) is 8.89. The van der Waals surface area contributed by atoms with Crippen molar-refractivity contribution in [1.29, 1.82) is 0 Å². The van der Waals surface area contributed by atoms with E-state index in [1.54, 1.807) is 0 Å². The molecule has 0 rings (SSSR count). The fourth-order valence-corrected chi connectivity index (χ4v) is 6.73. The summed E-state index contributed by atoms with van der Waals surface area (Å²) < 4.78 is 33.9. The molecular weight excluding hydrogens is 791 g/mol. The zero-order chi connectivity index (χ0) is 45.4. The minimum atomic E-state index is -0.874. The van der Waals surface area contributed by atoms with Gasteiger partial charge < -0.3 is 38.6 Å². The highest BCUT2D eigenvalue weighted by Gasteiger charge is 2.20. The number of carbonyl (C=O) groups is 3. The molecule has 364 valence electrons. The Labute approximate surface area is 378 Å². The largest absolute Gasteiger partial charge is 0.508 e. The number of rotatable bonds is 47. The first-order valence-corrected chi connectivity index (χ1v) is 25.0. The van der Waals surface area contributed by atoms with Crippen LogP contribution in [-0.4, -0.2) is 112 Å². The Morgan fingerprint density at radius 3 is 1.52 bits per heavy atom. The van der Waals surface area contributed by atoms with Crippen molar-refractivity contribution >= 4 is 18.1 Å². The van der Waals surface area contributed by atoms with Gasteiger partial charge in [0, 0.05) is 45.7 Å². The standard InChI is InChI=1S/C50H93NO11/c1-4-7-10-13-16-17-18-19-20-21-22-23-24-25-28-32-47(54)60-43-46(45-62-50(56)59-42-31-35-51(36-38-52)37-39-53)44-61-48(55)33-34-49(57-40-29-26-14-11-8-5-2)58-41-30-27-15-12-9-6-3/h16-17,19-20,46,49,52-53H,4-15,18,21-45H2,1-3H3/b17-16-,20-19-. The SMILES string of the molecule is CCCCC/C=C\C/C=C\CCCCCCCC(=O)OCC(COC(=O)CCC(OCCCCCCCC)OCCCCCCCC)COC(=O)OCCCN(CCO)CCO. The molecule has 0 aliphatic rings. The van der Waals surface area contributed by atoms with Gasteiger partial charge in [-0.2, -0.15) is 0 Å². The van der Waals surface area contributed by atoms with E-state index in [-0.39, 0.29) is 52.0 Å². The minimum Gasteiger partial charge on any atom is -0.465 e. The number of unbranched alkanes of at least 4 members (excludes halogenated alkanes) is 18. The van der Waals surface area contributed by atoms with Crippen LogP contribution in [0.5, 0.6) is 0 Å². The predicted molar refractivity (Wildman–Crippen MR) is 249 cm³/mol. The highest BCUT2D eigenvalue weighted by Crippen LogP contribution is 2.14. The van der Waals surface area contributed by atoms with Crippen LogP contribution in [0, 0.1) is 5.92 Å². The molecule has 0 aromatic carbocycles. The van der Waals surface area contributed by atoms with Gasteiger partial charge in [0.15, 0.2) is 6.29 Å². The zero-order valence-electron chi connectivity index (χ0n) is 39.9. The van der Waals surface area contributed by atoms with Gasteiger partial charge in [0.1, 0.15) is 19.8 Å². The summed E-state index contributed by atoms with van der Waals surface area (Å²) in [4.78, 5) is 39.9. The molecule has 0 amide bonds. The molecular formula is C50H93NO11. The van der Waals surface area contributed by atoms with Crippen molar-refractivity contribution in [3.63, 3.8) is 0 Å². The third-order valence-electron chi connectivity index (χ3n) is 10.6. The second-order valence-corrected chi connectivity index (χ2v) is 16.5. The molecule has 0 saturated carbocycles. The summed E-state index contributed by atoms with van der Waals surface area (Å²) in [6, 6.07) is 0. The van der Waals surface area contributed by atoms with Crippen LogP contribution in [0.4, 0.5) is 4.79 Å². The molecule has 0 bridgehead atoms. The lowest BCUT2D eigenvalue weighted by molar-refractivity contribution is -0.161. The summed E-state index contributed by atoms with van der Waals surface area (Å²) in [5.74, 6) is -1.34. The van der Waals surface area contributed by atoms with E-state index in [4.69, 9.17) is 28.4 Å². The number of hydrogen-bond donors (Lipinski definition) is 2. The molecule has 12 heteroatoms. The van der Waals surface area contributed by atoms with Gasteiger partial charge in [-0.3, -0.25) is 14.5 Å². The average Bonchev–Trinajstić information content (AvgIpc) is 3.27. The Morgan fingerprint density at radius 1 is 0.484 bits per heavy atom. The number of carbonyl (C=O) groups excluding carboxylic acids is 3. The number of allylic oxidation sites excluding steroid dienone is 4. The Morgan fingerprint density at radius 2 is 0.952 bits per heavy atom. The van der Waals surface area contributed by atoms with Crippen molar-refractivity contribution in [2.75, 3.05) is 72.5 Å². The van der Waals surface area contributed by atoms with E-state index in [0.717, 1.165) is 70.6 Å². The first-order chi connectivity index (χ1) is 30.4. The van der Waals surface area contributed by atoms with Crippen molar-refractivity contribution in [1.82, 2.24) is 4.90 Å². The van der Waals surface area contributed by atoms with Crippen molar-refractivity contribution in [2.24, 2.45) is 5.92 Å². The Bertz CT molecular complexity index is 1030. The average molecular weight is 884 g/mol. The molecule has 0 heterocycles. The number of aliphatic hydroxyl groups is 2. The van der Waals surface area contributed by atoms with Crippen LogP contribution in [0.15, 0.2) is 24.3 Å². The van der Waals surface area contributed by atoms with Crippen LogP contribution in [0.2, 0.25) is 0 Å². The van der Waals surface area contributed by atoms with Crippen LogP contribution in [-0.2, 0) is 38.0 Å². The number of esters is 2. The van der Waals surface area contributed by atoms with E-state index in [1.165, 1.54) is 77.0 Å². The third kappa shape index (κ3) is 42.8. The fraction of sp³-hybridized carbons (Fsp3) is 0.860. The Kier molecular flexibility index (Phi) is 46.0. The van der Waals surface area contributed by atoms with Gasteiger partial charge in [-0.05, 0) is 57.8 Å². The second kappa shape index (κ2) is 48.0. The molecule has 0 spiro atoms. The van der Waals surface area contributed by atoms with Crippen LogP contribution in [0.25, 0.3) is 0 Å². The molecule has 1 unspecified atom stereocenters. The molecule has 62 heavy (non-hydrogen) atoms. The minimum absolute atomic E-state index is 0.0317. The molecule has 0 fully saturated rings. The van der Waals surface area contributed by atoms with Gasteiger partial charge in [-0.15, -0.1) is 0 Å². The maximum Gasteiger partial charge on any atom is 0.508 e. The monoisotopic (exact) mass is 884 g/mol. The third-order valence-corrected chi connectivity index (χ3v) is 10.6. The summed E-state index contributed by atoms with van der Waals surface area (Å²) in [5, 5.41) is 18.4. The number of nitrogens with zero attached hydrogens (tertiary/aromatic N) is 1. The highest BCUT2D eigenvalue weighted by atomic mass is 16.7. The molecule has 0 saturated heterocycles. The van der Waals surface area contributed by atoms with Crippen LogP contribution in [0.1, 0.15) is 194 Å². The Balaban J connectivity index is 4.92. The summed E-state index contributed by atoms with van der Waals surface area (Å²) in [5.41, 5.74) is 0. The first kappa shape index (κ1) is 59.5. The fourth-order valence-electron chi connectivity index (χ4n) is 6.73. The lowest BCUT2D eigenvalue weighted by Gasteiger charge is -2.20. The molecule has 0 aromatic heterocycles. The van der Waals surface area contributed by atoms with Gasteiger partial charge in [0.25, 0.3) is 0 Å².